The van der Waals surface area contributed by atoms with Crippen molar-refractivity contribution in [1.82, 2.24) is 0 Å². The van der Waals surface area contributed by atoms with Gasteiger partial charge in [-0.2, -0.15) is 0 Å². The lowest BCUT2D eigenvalue weighted by atomic mass is 9.84. The topological polar surface area (TPSA) is 26.3 Å². The third-order valence-electron chi connectivity index (χ3n) is 9.69. The highest BCUT2D eigenvalue weighted by Crippen LogP contribution is 2.50. The van der Waals surface area contributed by atoms with E-state index in [1.165, 1.54) is 49.4 Å². The van der Waals surface area contributed by atoms with Crippen LogP contribution in [0.4, 0.5) is 0 Å². The maximum atomic E-state index is 6.85. The summed E-state index contributed by atoms with van der Waals surface area (Å²) in [5.74, 6) is 0.859. The molecular weight excluding hydrogens is 585 g/mol. The van der Waals surface area contributed by atoms with Crippen molar-refractivity contribution in [1.29, 1.82) is 0 Å². The molecule has 0 N–H and O–H groups in total. The first-order valence-corrected chi connectivity index (χ1v) is 16.3. The van der Waals surface area contributed by atoms with Gasteiger partial charge >= 0.3 is 0 Å². The summed E-state index contributed by atoms with van der Waals surface area (Å²) >= 11 is 0. The molecule has 0 saturated heterocycles. The van der Waals surface area contributed by atoms with Gasteiger partial charge in [0.25, 0.3) is 0 Å². The lowest BCUT2D eigenvalue weighted by Crippen LogP contribution is -1.91. The SMILES string of the molecule is c1ccc(-c2ccc(-c3c4ccccc4c(-c4c(-c5ccccc5)oc5cc6oc7ccccc7c6cc45)c4ccccc34)cc2)cc1. The summed E-state index contributed by atoms with van der Waals surface area (Å²) in [7, 11) is 0. The normalized spacial score (nSPS) is 11.8. The fourth-order valence-corrected chi connectivity index (χ4v) is 7.53. The minimum Gasteiger partial charge on any atom is -0.456 e. The summed E-state index contributed by atoms with van der Waals surface area (Å²) in [6.45, 7) is 0. The Balaban J connectivity index is 1.31. The number of hydrogen-bond acceptors (Lipinski definition) is 2. The molecule has 0 atom stereocenters. The maximum Gasteiger partial charge on any atom is 0.143 e. The Hall–Kier alpha value is -6.38. The van der Waals surface area contributed by atoms with Gasteiger partial charge in [0.2, 0.25) is 0 Å². The lowest BCUT2D eigenvalue weighted by molar-refractivity contribution is 0.629. The monoisotopic (exact) mass is 612 g/mol. The Morgan fingerprint density at radius 2 is 0.729 bits per heavy atom. The van der Waals surface area contributed by atoms with Gasteiger partial charge in [-0.15, -0.1) is 0 Å². The Morgan fingerprint density at radius 3 is 1.38 bits per heavy atom. The van der Waals surface area contributed by atoms with Gasteiger partial charge < -0.3 is 8.83 Å². The van der Waals surface area contributed by atoms with E-state index in [4.69, 9.17) is 8.83 Å². The molecule has 2 heteroatoms. The molecule has 0 radical (unpaired) electrons. The number of benzene rings is 8. The minimum atomic E-state index is 0.809. The number of para-hydroxylation sites is 1. The molecule has 10 aromatic rings. The second kappa shape index (κ2) is 10.6. The van der Waals surface area contributed by atoms with E-state index in [9.17, 15) is 0 Å². The number of furan rings is 2. The van der Waals surface area contributed by atoms with Gasteiger partial charge in [-0.25, -0.2) is 0 Å². The second-order valence-corrected chi connectivity index (χ2v) is 12.4. The zero-order valence-electron chi connectivity index (χ0n) is 26.0. The van der Waals surface area contributed by atoms with Gasteiger partial charge in [0.05, 0.1) is 0 Å². The molecule has 2 aromatic heterocycles. The van der Waals surface area contributed by atoms with Crippen molar-refractivity contribution in [3.05, 3.63) is 170 Å². The molecule has 224 valence electrons. The van der Waals surface area contributed by atoms with E-state index in [-0.39, 0.29) is 0 Å². The Morgan fingerprint density at radius 1 is 0.250 bits per heavy atom. The van der Waals surface area contributed by atoms with Crippen LogP contribution in [0, 0.1) is 0 Å². The maximum absolute atomic E-state index is 6.85. The summed E-state index contributed by atoms with van der Waals surface area (Å²) in [4.78, 5) is 0. The summed E-state index contributed by atoms with van der Waals surface area (Å²) in [5.41, 5.74) is 10.7. The first-order chi connectivity index (χ1) is 23.8. The smallest absolute Gasteiger partial charge is 0.143 e. The molecule has 0 aliphatic rings. The number of rotatable bonds is 4. The van der Waals surface area contributed by atoms with Gasteiger partial charge in [0, 0.05) is 38.9 Å². The number of fused-ring (bicyclic) bond motifs is 6. The van der Waals surface area contributed by atoms with Gasteiger partial charge in [0.15, 0.2) is 0 Å². The van der Waals surface area contributed by atoms with Crippen molar-refractivity contribution in [2.24, 2.45) is 0 Å². The highest BCUT2D eigenvalue weighted by Gasteiger charge is 2.25. The van der Waals surface area contributed by atoms with Gasteiger partial charge in [-0.05, 0) is 55.9 Å². The molecule has 0 amide bonds. The van der Waals surface area contributed by atoms with Gasteiger partial charge in [-0.3, -0.25) is 0 Å². The molecule has 2 heterocycles. The molecule has 2 nitrogen and oxygen atoms in total. The third kappa shape index (κ3) is 4.06. The molecule has 0 bridgehead atoms. The molecule has 0 saturated carbocycles. The van der Waals surface area contributed by atoms with Crippen LogP contribution in [0.1, 0.15) is 0 Å². The predicted octanol–water partition coefficient (Wildman–Crippen LogP) is 13.3. The van der Waals surface area contributed by atoms with Crippen LogP contribution in [0.3, 0.4) is 0 Å². The molecule has 0 aliphatic heterocycles. The first-order valence-electron chi connectivity index (χ1n) is 16.3. The van der Waals surface area contributed by atoms with Crippen LogP contribution in [-0.2, 0) is 0 Å². The molecule has 8 aromatic carbocycles. The quantitative estimate of drug-likeness (QED) is 0.185. The first kappa shape index (κ1) is 26.8. The summed E-state index contributed by atoms with van der Waals surface area (Å²) in [5, 5.41) is 8.06. The van der Waals surface area contributed by atoms with E-state index in [1.54, 1.807) is 0 Å². The van der Waals surface area contributed by atoms with E-state index in [2.05, 4.69) is 152 Å². The lowest BCUT2D eigenvalue weighted by Gasteiger charge is -2.18. The van der Waals surface area contributed by atoms with Crippen LogP contribution >= 0.6 is 0 Å². The van der Waals surface area contributed by atoms with E-state index >= 15 is 0 Å². The van der Waals surface area contributed by atoms with Gasteiger partial charge in [0.1, 0.15) is 22.5 Å². The number of hydrogen-bond donors (Lipinski definition) is 0. The van der Waals surface area contributed by atoms with E-state index in [0.717, 1.165) is 49.8 Å². The van der Waals surface area contributed by atoms with Crippen LogP contribution in [0.25, 0.3) is 99.2 Å². The predicted molar refractivity (Wildman–Crippen MR) is 200 cm³/mol. The molecule has 0 aliphatic carbocycles. The Kier molecular flexibility index (Phi) is 5.91. The summed E-state index contributed by atoms with van der Waals surface area (Å²) in [6.07, 6.45) is 0. The summed E-state index contributed by atoms with van der Waals surface area (Å²) < 4.78 is 13.2. The zero-order chi connectivity index (χ0) is 31.6. The molecule has 0 spiro atoms. The van der Waals surface area contributed by atoms with Crippen molar-refractivity contribution in [2.45, 2.75) is 0 Å². The average molecular weight is 613 g/mol. The van der Waals surface area contributed by atoms with Crippen molar-refractivity contribution >= 4 is 54.5 Å². The molecule has 48 heavy (non-hydrogen) atoms. The minimum absolute atomic E-state index is 0.809. The van der Waals surface area contributed by atoms with E-state index < -0.39 is 0 Å². The third-order valence-corrected chi connectivity index (χ3v) is 9.69. The van der Waals surface area contributed by atoms with Crippen molar-refractivity contribution in [3.63, 3.8) is 0 Å². The van der Waals surface area contributed by atoms with Crippen LogP contribution in [0.5, 0.6) is 0 Å². The van der Waals surface area contributed by atoms with Crippen molar-refractivity contribution in [2.75, 3.05) is 0 Å². The Labute approximate surface area is 277 Å². The molecular formula is C46H28O2. The second-order valence-electron chi connectivity index (χ2n) is 12.4. The Bertz CT molecular complexity index is 2750. The molecule has 0 fully saturated rings. The fourth-order valence-electron chi connectivity index (χ4n) is 7.53. The van der Waals surface area contributed by atoms with Crippen LogP contribution < -0.4 is 0 Å². The largest absolute Gasteiger partial charge is 0.456 e. The van der Waals surface area contributed by atoms with E-state index in [0.29, 0.717) is 0 Å². The van der Waals surface area contributed by atoms with Crippen LogP contribution in [0.15, 0.2) is 179 Å². The van der Waals surface area contributed by atoms with Crippen molar-refractivity contribution in [3.8, 4) is 44.7 Å². The standard InChI is InChI=1S/C46H28O2/c1-3-13-29(14-4-1)30-23-25-31(26-24-30)43-34-18-7-9-20-36(34)44(37-21-10-8-19-35(37)43)45-39-27-38-33-17-11-12-22-40(33)47-41(38)28-42(39)48-46(45)32-15-5-2-6-16-32/h1-28H. The van der Waals surface area contributed by atoms with Crippen molar-refractivity contribution < 1.29 is 8.83 Å². The van der Waals surface area contributed by atoms with E-state index in [1.807, 2.05) is 18.2 Å². The fraction of sp³-hybridized carbons (Fsp3) is 0. The highest BCUT2D eigenvalue weighted by atomic mass is 16.3. The average Bonchev–Trinajstić information content (AvgIpc) is 3.71. The van der Waals surface area contributed by atoms with Crippen LogP contribution in [-0.4, -0.2) is 0 Å². The molecule has 10 rings (SSSR count). The van der Waals surface area contributed by atoms with Gasteiger partial charge in [-0.1, -0.05) is 152 Å². The summed E-state index contributed by atoms with van der Waals surface area (Å²) in [6, 6.07) is 60.2. The van der Waals surface area contributed by atoms with Crippen LogP contribution in [0.2, 0.25) is 0 Å². The zero-order valence-corrected chi connectivity index (χ0v) is 26.0. The highest BCUT2D eigenvalue weighted by molar-refractivity contribution is 6.26. The molecule has 0 unspecified atom stereocenters.